The molecule has 2 aliphatic heterocycles. The fraction of sp³-hybridized carbons (Fsp3) is 0.750. The van der Waals surface area contributed by atoms with Crippen molar-refractivity contribution in [2.75, 3.05) is 26.2 Å². The van der Waals surface area contributed by atoms with E-state index in [0.717, 1.165) is 25.8 Å². The molecule has 7 nitrogen and oxygen atoms in total. The number of imide groups is 1. The van der Waals surface area contributed by atoms with E-state index in [1.54, 1.807) is 0 Å². The molecule has 0 aromatic rings. The second kappa shape index (κ2) is 6.51. The number of piperidine rings is 1. The molecule has 4 amide bonds. The quantitative estimate of drug-likeness (QED) is 0.449. The minimum Gasteiger partial charge on any atom is -0.355 e. The van der Waals surface area contributed by atoms with E-state index < -0.39 is 0 Å². The summed E-state index contributed by atoms with van der Waals surface area (Å²) < 4.78 is 0. The standard InChI is InChI=1S/C12H20N4O3/c17-10-8-15-12(19)16(10)7-3-6-14-11(18)9-4-1-2-5-13-9/h9,13H,1-8H2,(H,14,18)(H,15,19). The molecule has 2 heterocycles. The van der Waals surface area contributed by atoms with Gasteiger partial charge >= 0.3 is 6.03 Å². The number of urea groups is 1. The van der Waals surface area contributed by atoms with Crippen LogP contribution in [0.2, 0.25) is 0 Å². The van der Waals surface area contributed by atoms with Gasteiger partial charge in [0, 0.05) is 13.1 Å². The Labute approximate surface area is 112 Å². The minimum absolute atomic E-state index is 0.0110. The fourth-order valence-corrected chi connectivity index (χ4v) is 2.33. The highest BCUT2D eigenvalue weighted by Gasteiger charge is 2.27. The van der Waals surface area contributed by atoms with E-state index in [0.29, 0.717) is 19.5 Å². The summed E-state index contributed by atoms with van der Waals surface area (Å²) in [7, 11) is 0. The predicted octanol–water partition coefficient (Wildman–Crippen LogP) is -0.813. The van der Waals surface area contributed by atoms with Gasteiger partial charge < -0.3 is 16.0 Å². The lowest BCUT2D eigenvalue weighted by atomic mass is 10.0. The van der Waals surface area contributed by atoms with Gasteiger partial charge in [-0.15, -0.1) is 0 Å². The molecule has 1 atom stereocenters. The van der Waals surface area contributed by atoms with Crippen LogP contribution in [0.5, 0.6) is 0 Å². The van der Waals surface area contributed by atoms with Crippen LogP contribution in [0.25, 0.3) is 0 Å². The molecule has 0 bridgehead atoms. The van der Waals surface area contributed by atoms with Gasteiger partial charge in [0.25, 0.3) is 0 Å². The number of carbonyl (C=O) groups excluding carboxylic acids is 3. The summed E-state index contributed by atoms with van der Waals surface area (Å²) in [6.45, 7) is 1.80. The van der Waals surface area contributed by atoms with Crippen molar-refractivity contribution >= 4 is 17.8 Å². The molecule has 3 N–H and O–H groups in total. The largest absolute Gasteiger partial charge is 0.355 e. The van der Waals surface area contributed by atoms with Crippen molar-refractivity contribution in [3.8, 4) is 0 Å². The smallest absolute Gasteiger partial charge is 0.324 e. The molecule has 2 fully saturated rings. The maximum atomic E-state index is 11.8. The number of hydrogen-bond donors (Lipinski definition) is 3. The van der Waals surface area contributed by atoms with Gasteiger partial charge in [0.15, 0.2) is 0 Å². The van der Waals surface area contributed by atoms with Crippen molar-refractivity contribution in [3.63, 3.8) is 0 Å². The number of hydrogen-bond acceptors (Lipinski definition) is 4. The van der Waals surface area contributed by atoms with Crippen LogP contribution in [0.1, 0.15) is 25.7 Å². The van der Waals surface area contributed by atoms with Gasteiger partial charge in [-0.3, -0.25) is 14.5 Å². The average Bonchev–Trinajstić information content (AvgIpc) is 2.75. The zero-order chi connectivity index (χ0) is 13.7. The first-order chi connectivity index (χ1) is 9.18. The lowest BCUT2D eigenvalue weighted by Crippen LogP contribution is -2.47. The molecule has 0 radical (unpaired) electrons. The lowest BCUT2D eigenvalue weighted by molar-refractivity contribution is -0.125. The summed E-state index contributed by atoms with van der Waals surface area (Å²) in [5.74, 6) is -0.192. The predicted molar refractivity (Wildman–Crippen MR) is 68.4 cm³/mol. The third-order valence-electron chi connectivity index (χ3n) is 3.42. The van der Waals surface area contributed by atoms with E-state index in [-0.39, 0.29) is 30.4 Å². The maximum absolute atomic E-state index is 11.8. The topological polar surface area (TPSA) is 90.5 Å². The Morgan fingerprint density at radius 3 is 2.84 bits per heavy atom. The molecule has 2 saturated heterocycles. The maximum Gasteiger partial charge on any atom is 0.324 e. The Hall–Kier alpha value is -1.63. The van der Waals surface area contributed by atoms with Crippen molar-refractivity contribution in [2.45, 2.75) is 31.7 Å². The van der Waals surface area contributed by atoms with E-state index >= 15 is 0 Å². The van der Waals surface area contributed by atoms with Crippen LogP contribution in [0.4, 0.5) is 4.79 Å². The Balaban J connectivity index is 1.62. The number of rotatable bonds is 5. The summed E-state index contributed by atoms with van der Waals surface area (Å²) in [4.78, 5) is 35.5. The number of nitrogens with zero attached hydrogens (tertiary/aromatic N) is 1. The zero-order valence-corrected chi connectivity index (χ0v) is 10.9. The van der Waals surface area contributed by atoms with Crippen molar-refractivity contribution < 1.29 is 14.4 Å². The van der Waals surface area contributed by atoms with Crippen LogP contribution >= 0.6 is 0 Å². The third kappa shape index (κ3) is 3.66. The number of carbonyl (C=O) groups is 3. The monoisotopic (exact) mass is 268 g/mol. The molecule has 0 aromatic heterocycles. The molecule has 0 spiro atoms. The normalized spacial score (nSPS) is 23.4. The minimum atomic E-state index is -0.342. The van der Waals surface area contributed by atoms with Crippen LogP contribution in [0, 0.1) is 0 Å². The average molecular weight is 268 g/mol. The molecule has 7 heteroatoms. The highest BCUT2D eigenvalue weighted by atomic mass is 16.2. The van der Waals surface area contributed by atoms with E-state index in [2.05, 4.69) is 16.0 Å². The van der Waals surface area contributed by atoms with Crippen LogP contribution in [-0.2, 0) is 9.59 Å². The second-order valence-corrected chi connectivity index (χ2v) is 4.85. The van der Waals surface area contributed by atoms with Gasteiger partial charge in [0.2, 0.25) is 11.8 Å². The van der Waals surface area contributed by atoms with Crippen LogP contribution in [-0.4, -0.2) is 55.0 Å². The summed E-state index contributed by atoms with van der Waals surface area (Å²) in [6, 6.07) is -0.434. The van der Waals surface area contributed by atoms with Crippen LogP contribution in [0.15, 0.2) is 0 Å². The highest BCUT2D eigenvalue weighted by Crippen LogP contribution is 2.06. The summed E-state index contributed by atoms with van der Waals surface area (Å²) in [5, 5.41) is 8.47. The molecule has 0 aromatic carbocycles. The lowest BCUT2D eigenvalue weighted by Gasteiger charge is -2.22. The molecular formula is C12H20N4O3. The molecule has 1 unspecified atom stereocenters. The first-order valence-electron chi connectivity index (χ1n) is 6.78. The van der Waals surface area contributed by atoms with E-state index in [1.165, 1.54) is 4.90 Å². The van der Waals surface area contributed by atoms with Gasteiger partial charge in [-0.25, -0.2) is 4.79 Å². The molecule has 106 valence electrons. The van der Waals surface area contributed by atoms with Gasteiger partial charge in [-0.05, 0) is 25.8 Å². The van der Waals surface area contributed by atoms with E-state index in [1.807, 2.05) is 0 Å². The van der Waals surface area contributed by atoms with Gasteiger partial charge in [-0.1, -0.05) is 6.42 Å². The SMILES string of the molecule is O=C(NCCCN1C(=O)CNC1=O)C1CCCCN1. The Morgan fingerprint density at radius 1 is 1.37 bits per heavy atom. The summed E-state index contributed by atoms with van der Waals surface area (Å²) in [5.41, 5.74) is 0. The summed E-state index contributed by atoms with van der Waals surface area (Å²) in [6.07, 6.45) is 3.65. The zero-order valence-electron chi connectivity index (χ0n) is 10.9. The van der Waals surface area contributed by atoms with Gasteiger partial charge in [-0.2, -0.15) is 0 Å². The Kier molecular flexibility index (Phi) is 4.73. The second-order valence-electron chi connectivity index (χ2n) is 4.85. The van der Waals surface area contributed by atoms with Gasteiger partial charge in [0.05, 0.1) is 12.6 Å². The fourth-order valence-electron chi connectivity index (χ4n) is 2.33. The number of amides is 4. The van der Waals surface area contributed by atoms with Crippen molar-refractivity contribution in [1.29, 1.82) is 0 Å². The molecule has 2 rings (SSSR count). The molecule has 0 saturated carbocycles. The van der Waals surface area contributed by atoms with E-state index in [9.17, 15) is 14.4 Å². The molecule has 2 aliphatic rings. The van der Waals surface area contributed by atoms with Crippen molar-refractivity contribution in [3.05, 3.63) is 0 Å². The highest BCUT2D eigenvalue weighted by molar-refractivity contribution is 6.01. The van der Waals surface area contributed by atoms with E-state index in [4.69, 9.17) is 0 Å². The van der Waals surface area contributed by atoms with Crippen LogP contribution in [0.3, 0.4) is 0 Å². The van der Waals surface area contributed by atoms with Crippen LogP contribution < -0.4 is 16.0 Å². The molecular weight excluding hydrogens is 248 g/mol. The summed E-state index contributed by atoms with van der Waals surface area (Å²) >= 11 is 0. The third-order valence-corrected chi connectivity index (χ3v) is 3.42. The Bertz CT molecular complexity index is 350. The number of nitrogens with one attached hydrogen (secondary N) is 3. The molecule has 19 heavy (non-hydrogen) atoms. The van der Waals surface area contributed by atoms with Crippen molar-refractivity contribution in [1.82, 2.24) is 20.9 Å². The molecule has 0 aliphatic carbocycles. The van der Waals surface area contributed by atoms with Gasteiger partial charge in [0.1, 0.15) is 0 Å². The first kappa shape index (κ1) is 13.8. The Morgan fingerprint density at radius 2 is 2.21 bits per heavy atom. The first-order valence-corrected chi connectivity index (χ1v) is 6.78. The van der Waals surface area contributed by atoms with Crippen molar-refractivity contribution in [2.24, 2.45) is 0 Å².